The number of Topliss-reactive ketones (excluding diaryl/α,β-unsaturated/α-hetero) is 1. The van der Waals surface area contributed by atoms with Crippen molar-refractivity contribution in [3.63, 3.8) is 0 Å². The lowest BCUT2D eigenvalue weighted by Gasteiger charge is -2.29. The predicted molar refractivity (Wildman–Crippen MR) is 175 cm³/mol. The maximum atomic E-state index is 14.4. The van der Waals surface area contributed by atoms with Gasteiger partial charge in [-0.25, -0.2) is 4.98 Å². The number of aromatic amines is 1. The smallest absolute Gasteiger partial charge is 0.248 e. The summed E-state index contributed by atoms with van der Waals surface area (Å²) in [5.41, 5.74) is 18.3. The zero-order chi connectivity index (χ0) is 31.1. The van der Waals surface area contributed by atoms with Crippen molar-refractivity contribution in [2.45, 2.75) is 44.4 Å². The Labute approximate surface area is 256 Å². The van der Waals surface area contributed by atoms with E-state index >= 15 is 0 Å². The molecule has 1 amide bonds. The molecule has 0 aliphatic carbocycles. The van der Waals surface area contributed by atoms with Crippen LogP contribution < -0.4 is 27.8 Å². The molecule has 0 bridgehead atoms. The van der Waals surface area contributed by atoms with Crippen LogP contribution >= 0.6 is 0 Å². The summed E-state index contributed by atoms with van der Waals surface area (Å²) in [7, 11) is 0. The number of hydrogen-bond donors (Lipinski definition) is 6. The summed E-state index contributed by atoms with van der Waals surface area (Å²) in [5.74, 6) is -0.245. The number of carbonyl (C=O) groups excluding carboxylic acids is 2. The van der Waals surface area contributed by atoms with Crippen LogP contribution in [0.3, 0.4) is 0 Å². The van der Waals surface area contributed by atoms with Crippen LogP contribution in [0.15, 0.2) is 96.2 Å². The van der Waals surface area contributed by atoms with Crippen LogP contribution in [0.25, 0.3) is 21.5 Å². The summed E-state index contributed by atoms with van der Waals surface area (Å²) >= 11 is 0. The lowest BCUT2D eigenvalue weighted by atomic mass is 9.82. The molecule has 5 aromatic rings. The van der Waals surface area contributed by atoms with Gasteiger partial charge in [-0.2, -0.15) is 0 Å². The number of ketones is 1. The van der Waals surface area contributed by atoms with Gasteiger partial charge in [-0.1, -0.05) is 78.9 Å². The third-order valence-corrected chi connectivity index (χ3v) is 7.89. The quantitative estimate of drug-likeness (QED) is 0.0397. The Balaban J connectivity index is 1.44. The van der Waals surface area contributed by atoms with Crippen molar-refractivity contribution in [2.75, 3.05) is 6.54 Å². The molecule has 0 spiro atoms. The van der Waals surface area contributed by atoms with E-state index in [1.54, 1.807) is 18.5 Å². The summed E-state index contributed by atoms with van der Waals surface area (Å²) in [5, 5.41) is 10.1. The lowest BCUT2D eigenvalue weighted by Crippen LogP contribution is -2.60. The van der Waals surface area contributed by atoms with Gasteiger partial charge >= 0.3 is 0 Å². The van der Waals surface area contributed by atoms with Gasteiger partial charge < -0.3 is 32.8 Å². The molecular weight excluding hydrogens is 552 g/mol. The Hall–Kier alpha value is -5.06. The molecule has 10 heteroatoms. The first-order chi connectivity index (χ1) is 21.3. The van der Waals surface area contributed by atoms with Gasteiger partial charge in [-0.3, -0.25) is 14.6 Å². The molecule has 0 saturated heterocycles. The molecular formula is C34H38N8O2. The maximum absolute atomic E-state index is 14.4. The van der Waals surface area contributed by atoms with Crippen molar-refractivity contribution in [2.24, 2.45) is 22.2 Å². The fourth-order valence-corrected chi connectivity index (χ4v) is 5.59. The number of aromatic nitrogens is 2. The zero-order valence-electron chi connectivity index (χ0n) is 24.7. The van der Waals surface area contributed by atoms with Crippen molar-refractivity contribution in [1.82, 2.24) is 20.6 Å². The summed E-state index contributed by atoms with van der Waals surface area (Å²) < 4.78 is 0. The molecule has 226 valence electrons. The van der Waals surface area contributed by atoms with Crippen LogP contribution in [-0.2, 0) is 17.9 Å². The van der Waals surface area contributed by atoms with Gasteiger partial charge in [0.25, 0.3) is 0 Å². The van der Waals surface area contributed by atoms with E-state index in [2.05, 4.69) is 25.6 Å². The predicted octanol–water partition coefficient (Wildman–Crippen LogP) is 3.82. The Kier molecular flexibility index (Phi) is 9.32. The highest BCUT2D eigenvalue weighted by Crippen LogP contribution is 2.29. The number of carbonyl (C=O) groups is 2. The van der Waals surface area contributed by atoms with Gasteiger partial charge in [-0.15, -0.1) is 0 Å². The number of hydrogen-bond acceptors (Lipinski definition) is 6. The first kappa shape index (κ1) is 30.4. The van der Waals surface area contributed by atoms with E-state index in [4.69, 9.17) is 17.2 Å². The molecule has 5 rings (SSSR count). The number of aliphatic imine (C=N–C) groups is 1. The molecule has 0 radical (unpaired) electrons. The molecule has 2 atom stereocenters. The first-order valence-electron chi connectivity index (χ1n) is 14.6. The van der Waals surface area contributed by atoms with Crippen LogP contribution in [0.4, 0.5) is 0 Å². The Morgan fingerprint density at radius 1 is 0.932 bits per heavy atom. The normalized spacial score (nSPS) is 13.3. The maximum Gasteiger partial charge on any atom is 0.248 e. The third kappa shape index (κ3) is 6.61. The van der Waals surface area contributed by atoms with E-state index in [0.717, 1.165) is 38.5 Å². The van der Waals surface area contributed by atoms with E-state index in [1.165, 1.54) is 0 Å². The second-order valence-electron chi connectivity index (χ2n) is 10.9. The minimum absolute atomic E-state index is 0.0531. The Bertz CT molecular complexity index is 1790. The van der Waals surface area contributed by atoms with E-state index in [1.807, 2.05) is 79.7 Å². The molecule has 0 saturated carbocycles. The first-order valence-corrected chi connectivity index (χ1v) is 14.6. The minimum atomic E-state index is -1.86. The van der Waals surface area contributed by atoms with Gasteiger partial charge in [0.2, 0.25) is 5.91 Å². The standard InChI is InChI=1S/C34H38N8O2/c1-22(25-13-6-9-23-8-2-3-10-26(23)25)42-32(44)34(37,16-7-17-41-33(35)36)31(43)29-15-14-24(27-11-4-5-12-28(27)29)20-38-21-30-39-18-19-40-30/h2-6,8-15,18-19,22,38H,7,16-17,20-21,37H2,1H3,(H,39,40)(H,42,44)(H4,35,36,41)/t22-,34?/m1/s1. The number of nitrogens with one attached hydrogen (secondary N) is 3. The van der Waals surface area contributed by atoms with Gasteiger partial charge in [0.15, 0.2) is 17.3 Å². The Morgan fingerprint density at radius 2 is 1.66 bits per heavy atom. The summed E-state index contributed by atoms with van der Waals surface area (Å²) in [6.45, 7) is 3.26. The highest BCUT2D eigenvalue weighted by Gasteiger charge is 2.43. The minimum Gasteiger partial charge on any atom is -0.370 e. The number of nitrogens with zero attached hydrogens (tertiary/aromatic N) is 2. The second-order valence-corrected chi connectivity index (χ2v) is 10.9. The van der Waals surface area contributed by atoms with E-state index in [-0.39, 0.29) is 18.9 Å². The van der Waals surface area contributed by atoms with Crippen molar-refractivity contribution in [3.05, 3.63) is 114 Å². The summed E-state index contributed by atoms with van der Waals surface area (Å²) in [4.78, 5) is 39.7. The molecule has 10 nitrogen and oxygen atoms in total. The van der Waals surface area contributed by atoms with Crippen molar-refractivity contribution in [3.8, 4) is 0 Å². The van der Waals surface area contributed by atoms with Crippen LogP contribution in [0, 0.1) is 0 Å². The van der Waals surface area contributed by atoms with Gasteiger partial charge in [-0.05, 0) is 52.4 Å². The largest absolute Gasteiger partial charge is 0.370 e. The second kappa shape index (κ2) is 13.5. The van der Waals surface area contributed by atoms with Crippen molar-refractivity contribution < 1.29 is 9.59 Å². The topological polar surface area (TPSA) is 177 Å². The Morgan fingerprint density at radius 3 is 2.41 bits per heavy atom. The molecule has 44 heavy (non-hydrogen) atoms. The number of rotatable bonds is 13. The van der Waals surface area contributed by atoms with Crippen LogP contribution in [0.5, 0.6) is 0 Å². The molecule has 1 heterocycles. The van der Waals surface area contributed by atoms with Gasteiger partial charge in [0, 0.05) is 31.0 Å². The van der Waals surface area contributed by atoms with Crippen LogP contribution in [0.2, 0.25) is 0 Å². The molecule has 1 aromatic heterocycles. The molecule has 1 unspecified atom stereocenters. The molecule has 0 aliphatic heterocycles. The van der Waals surface area contributed by atoms with Crippen molar-refractivity contribution in [1.29, 1.82) is 0 Å². The van der Waals surface area contributed by atoms with Crippen LogP contribution in [-0.4, -0.2) is 39.7 Å². The van der Waals surface area contributed by atoms with Crippen molar-refractivity contribution >= 4 is 39.2 Å². The zero-order valence-corrected chi connectivity index (χ0v) is 24.7. The number of amides is 1. The van der Waals surface area contributed by atoms with E-state index < -0.39 is 23.3 Å². The van der Waals surface area contributed by atoms with E-state index in [9.17, 15) is 9.59 Å². The molecule has 9 N–H and O–H groups in total. The number of fused-ring (bicyclic) bond motifs is 2. The number of H-pyrrole nitrogens is 1. The lowest BCUT2D eigenvalue weighted by molar-refractivity contribution is -0.125. The van der Waals surface area contributed by atoms with Gasteiger partial charge in [0.05, 0.1) is 12.6 Å². The van der Waals surface area contributed by atoms with Crippen LogP contribution in [0.1, 0.15) is 53.1 Å². The third-order valence-electron chi connectivity index (χ3n) is 7.89. The monoisotopic (exact) mass is 590 g/mol. The number of imidazole rings is 1. The molecule has 0 fully saturated rings. The SMILES string of the molecule is C[C@@H](NC(=O)C(N)(CCCN=C(N)N)C(=O)c1ccc(CNCc2ncc[nH]2)c2ccccc12)c1cccc2ccccc12. The highest BCUT2D eigenvalue weighted by molar-refractivity contribution is 6.22. The summed E-state index contributed by atoms with van der Waals surface area (Å²) in [6, 6.07) is 24.8. The fraction of sp³-hybridized carbons (Fsp3) is 0.235. The number of benzene rings is 4. The molecule has 4 aromatic carbocycles. The number of nitrogens with two attached hydrogens (primary N) is 3. The summed E-state index contributed by atoms with van der Waals surface area (Å²) in [6.07, 6.45) is 3.88. The van der Waals surface area contributed by atoms with E-state index in [0.29, 0.717) is 25.1 Å². The fourth-order valence-electron chi connectivity index (χ4n) is 5.59. The molecule has 0 aliphatic rings. The number of guanidine groups is 1. The average Bonchev–Trinajstić information content (AvgIpc) is 3.56. The van der Waals surface area contributed by atoms with Gasteiger partial charge in [0.1, 0.15) is 5.82 Å². The highest BCUT2D eigenvalue weighted by atomic mass is 16.2. The average molecular weight is 591 g/mol.